The summed E-state index contributed by atoms with van der Waals surface area (Å²) in [4.78, 5) is 43.9. The number of carbonyl (C=O) groups excluding carboxylic acids is 3. The van der Waals surface area contributed by atoms with Crippen molar-refractivity contribution in [2.75, 3.05) is 13.2 Å². The van der Waals surface area contributed by atoms with Gasteiger partial charge in [-0.15, -0.1) is 0 Å². The van der Waals surface area contributed by atoms with E-state index in [4.69, 9.17) is 9.47 Å². The lowest BCUT2D eigenvalue weighted by molar-refractivity contribution is -0.123. The minimum absolute atomic E-state index is 0.00912. The molecule has 0 atom stereocenters. The largest absolute Gasteiger partial charge is 0.462 e. The van der Waals surface area contributed by atoms with E-state index in [2.05, 4.69) is 9.97 Å². The Morgan fingerprint density at radius 1 is 0.889 bits per heavy atom. The molecule has 0 amide bonds. The lowest BCUT2D eigenvalue weighted by Crippen LogP contribution is -2.25. The zero-order valence-corrected chi connectivity index (χ0v) is 15.3. The fraction of sp³-hybridized carbons (Fsp3) is 0.350. The van der Waals surface area contributed by atoms with Crippen molar-refractivity contribution < 1.29 is 23.9 Å². The zero-order valence-electron chi connectivity index (χ0n) is 15.3. The second kappa shape index (κ2) is 10.2. The molecular formula is C20H22N2O5. The predicted molar refractivity (Wildman–Crippen MR) is 97.0 cm³/mol. The maximum atomic E-state index is 12.1. The number of aromatic nitrogens is 2. The van der Waals surface area contributed by atoms with Gasteiger partial charge in [-0.05, 0) is 24.3 Å². The molecule has 0 aromatic carbocycles. The number of rotatable bonds is 9. The minimum atomic E-state index is -0.538. The smallest absolute Gasteiger partial charge is 0.339 e. The highest BCUT2D eigenvalue weighted by Crippen LogP contribution is 2.13. The molecule has 0 radical (unpaired) electrons. The quantitative estimate of drug-likeness (QED) is 0.626. The van der Waals surface area contributed by atoms with Crippen LogP contribution in [0.15, 0.2) is 49.1 Å². The van der Waals surface area contributed by atoms with Gasteiger partial charge in [0, 0.05) is 43.0 Å². The predicted octanol–water partition coefficient (Wildman–Crippen LogP) is 2.72. The van der Waals surface area contributed by atoms with Crippen LogP contribution in [-0.2, 0) is 14.3 Å². The molecule has 7 nitrogen and oxygen atoms in total. The van der Waals surface area contributed by atoms with Crippen LogP contribution in [0, 0.1) is 11.8 Å². The molecule has 2 aromatic heterocycles. The van der Waals surface area contributed by atoms with Crippen molar-refractivity contribution >= 4 is 17.7 Å². The van der Waals surface area contributed by atoms with Crippen LogP contribution in [0.3, 0.4) is 0 Å². The molecule has 2 aromatic rings. The highest BCUT2D eigenvalue weighted by Gasteiger charge is 2.21. The molecule has 2 heterocycles. The number of nitrogens with zero attached hydrogens (tertiary/aromatic N) is 2. The summed E-state index contributed by atoms with van der Waals surface area (Å²) in [6.07, 6.45) is 6.06. The van der Waals surface area contributed by atoms with Crippen molar-refractivity contribution in [3.8, 4) is 0 Å². The lowest BCUT2D eigenvalue weighted by Gasteiger charge is -2.17. The summed E-state index contributed by atoms with van der Waals surface area (Å²) in [5.41, 5.74) is 0.637. The van der Waals surface area contributed by atoms with E-state index in [0.717, 1.165) is 0 Å². The highest BCUT2D eigenvalue weighted by molar-refractivity contribution is 5.89. The Morgan fingerprint density at radius 3 is 1.74 bits per heavy atom. The van der Waals surface area contributed by atoms with E-state index in [0.29, 0.717) is 11.1 Å². The van der Waals surface area contributed by atoms with Gasteiger partial charge in [0.15, 0.2) is 0 Å². The molecule has 0 bridgehead atoms. The first kappa shape index (κ1) is 20.2. The van der Waals surface area contributed by atoms with Crippen LogP contribution in [0.25, 0.3) is 0 Å². The molecular weight excluding hydrogens is 348 g/mol. The third-order valence-electron chi connectivity index (χ3n) is 3.83. The van der Waals surface area contributed by atoms with Gasteiger partial charge in [0.05, 0.1) is 24.3 Å². The SMILES string of the molecule is CC(C)C(=O)CC(COC(=O)c1cccnc1)COC(=O)c1cccnc1. The van der Waals surface area contributed by atoms with Crippen molar-refractivity contribution in [3.05, 3.63) is 60.2 Å². The molecule has 0 saturated heterocycles. The second-order valence-corrected chi connectivity index (χ2v) is 6.37. The Labute approximate surface area is 157 Å². The van der Waals surface area contributed by atoms with E-state index >= 15 is 0 Å². The third kappa shape index (κ3) is 6.62. The number of hydrogen-bond donors (Lipinski definition) is 0. The number of esters is 2. The van der Waals surface area contributed by atoms with Crippen LogP contribution in [0.2, 0.25) is 0 Å². The number of carbonyl (C=O) groups is 3. The summed E-state index contributed by atoms with van der Waals surface area (Å²) in [5, 5.41) is 0. The number of ketones is 1. The van der Waals surface area contributed by atoms with Gasteiger partial charge in [-0.25, -0.2) is 9.59 Å². The van der Waals surface area contributed by atoms with Gasteiger partial charge >= 0.3 is 11.9 Å². The number of ether oxygens (including phenoxy) is 2. The molecule has 27 heavy (non-hydrogen) atoms. The first-order valence-corrected chi connectivity index (χ1v) is 8.64. The van der Waals surface area contributed by atoms with E-state index in [1.165, 1.54) is 12.4 Å². The third-order valence-corrected chi connectivity index (χ3v) is 3.83. The normalized spacial score (nSPS) is 10.7. The highest BCUT2D eigenvalue weighted by atomic mass is 16.5. The Morgan fingerprint density at radius 2 is 1.37 bits per heavy atom. The topological polar surface area (TPSA) is 95.5 Å². The van der Waals surface area contributed by atoms with Crippen molar-refractivity contribution in [1.29, 1.82) is 0 Å². The van der Waals surface area contributed by atoms with Crippen LogP contribution in [-0.4, -0.2) is 40.9 Å². The first-order valence-electron chi connectivity index (χ1n) is 8.64. The molecule has 2 rings (SSSR count). The summed E-state index contributed by atoms with van der Waals surface area (Å²) >= 11 is 0. The summed E-state index contributed by atoms with van der Waals surface area (Å²) in [6.45, 7) is 3.52. The van der Waals surface area contributed by atoms with Crippen molar-refractivity contribution in [1.82, 2.24) is 9.97 Å². The minimum Gasteiger partial charge on any atom is -0.462 e. The number of Topliss-reactive ketones (excluding diaryl/α,β-unsaturated/α-hetero) is 1. The van der Waals surface area contributed by atoms with Crippen molar-refractivity contribution in [2.24, 2.45) is 11.8 Å². The maximum absolute atomic E-state index is 12.1. The van der Waals surface area contributed by atoms with E-state index in [1.807, 2.05) is 0 Å². The monoisotopic (exact) mass is 370 g/mol. The average Bonchev–Trinajstić information content (AvgIpc) is 2.70. The summed E-state index contributed by atoms with van der Waals surface area (Å²) in [6, 6.07) is 6.44. The summed E-state index contributed by atoms with van der Waals surface area (Å²) in [7, 11) is 0. The molecule has 0 spiro atoms. The molecule has 0 fully saturated rings. The summed E-state index contributed by atoms with van der Waals surface area (Å²) in [5.74, 6) is -1.65. The van der Waals surface area contributed by atoms with E-state index in [-0.39, 0.29) is 31.3 Å². The number of pyridine rings is 2. The van der Waals surface area contributed by atoms with Crippen LogP contribution < -0.4 is 0 Å². The van der Waals surface area contributed by atoms with Gasteiger partial charge in [0.1, 0.15) is 5.78 Å². The standard InChI is InChI=1S/C20H22N2O5/c1-14(2)18(23)9-15(12-26-19(24)16-5-3-7-21-10-16)13-27-20(25)17-6-4-8-22-11-17/h3-8,10-11,14-15H,9,12-13H2,1-2H3. The molecule has 7 heteroatoms. The molecule has 0 aliphatic rings. The first-order chi connectivity index (χ1) is 13.0. The van der Waals surface area contributed by atoms with Crippen LogP contribution in [0.1, 0.15) is 41.0 Å². The van der Waals surface area contributed by atoms with Crippen LogP contribution >= 0.6 is 0 Å². The van der Waals surface area contributed by atoms with E-state index in [1.54, 1.807) is 50.5 Å². The lowest BCUT2D eigenvalue weighted by atomic mass is 9.97. The summed E-state index contributed by atoms with van der Waals surface area (Å²) < 4.78 is 10.5. The van der Waals surface area contributed by atoms with Crippen LogP contribution in [0.5, 0.6) is 0 Å². The van der Waals surface area contributed by atoms with Crippen molar-refractivity contribution in [2.45, 2.75) is 20.3 Å². The van der Waals surface area contributed by atoms with Gasteiger partial charge in [0.25, 0.3) is 0 Å². The van der Waals surface area contributed by atoms with Gasteiger partial charge in [-0.1, -0.05) is 13.8 Å². The molecule has 0 saturated carbocycles. The van der Waals surface area contributed by atoms with Crippen molar-refractivity contribution in [3.63, 3.8) is 0 Å². The molecule has 0 unspecified atom stereocenters. The fourth-order valence-electron chi connectivity index (χ4n) is 2.21. The van der Waals surface area contributed by atoms with E-state index in [9.17, 15) is 14.4 Å². The van der Waals surface area contributed by atoms with Crippen LogP contribution in [0.4, 0.5) is 0 Å². The molecule has 0 aliphatic heterocycles. The van der Waals surface area contributed by atoms with E-state index < -0.39 is 17.9 Å². The number of hydrogen-bond acceptors (Lipinski definition) is 7. The van der Waals surface area contributed by atoms with Gasteiger partial charge in [0.2, 0.25) is 0 Å². The Hall–Kier alpha value is -3.09. The average molecular weight is 370 g/mol. The Balaban J connectivity index is 1.95. The second-order valence-electron chi connectivity index (χ2n) is 6.37. The Bertz CT molecular complexity index is 707. The fourth-order valence-corrected chi connectivity index (χ4v) is 2.21. The van der Waals surface area contributed by atoms with Gasteiger partial charge in [-0.2, -0.15) is 0 Å². The van der Waals surface area contributed by atoms with Gasteiger partial charge < -0.3 is 9.47 Å². The molecule has 142 valence electrons. The maximum Gasteiger partial charge on any atom is 0.339 e. The Kier molecular flexibility index (Phi) is 7.61. The van der Waals surface area contributed by atoms with Gasteiger partial charge in [-0.3, -0.25) is 14.8 Å². The molecule has 0 aliphatic carbocycles. The zero-order chi connectivity index (χ0) is 19.6. The molecule has 0 N–H and O–H groups in total.